The molecule has 4 aliphatic rings. The Morgan fingerprint density at radius 1 is 0.373 bits per heavy atom. The van der Waals surface area contributed by atoms with Gasteiger partial charge in [0.05, 0.1) is 5.41 Å². The fourth-order valence-corrected chi connectivity index (χ4v) is 10.3. The fourth-order valence-electron chi connectivity index (χ4n) is 10.3. The van der Waals surface area contributed by atoms with Crippen LogP contribution in [0.25, 0.3) is 66.1 Å². The first-order valence-corrected chi connectivity index (χ1v) is 18.2. The van der Waals surface area contributed by atoms with Crippen molar-refractivity contribution in [3.8, 4) is 44.5 Å². The lowest BCUT2D eigenvalue weighted by molar-refractivity contribution is 0.758. The van der Waals surface area contributed by atoms with E-state index in [1.165, 1.54) is 99.4 Å². The van der Waals surface area contributed by atoms with Crippen molar-refractivity contribution in [2.75, 3.05) is 0 Å². The molecule has 0 saturated heterocycles. The first kappa shape index (κ1) is 27.6. The number of hydrogen-bond acceptors (Lipinski definition) is 0. The van der Waals surface area contributed by atoms with Crippen LogP contribution in [-0.4, -0.2) is 0 Å². The molecule has 0 amide bonds. The molecule has 3 unspecified atom stereocenters. The Balaban J connectivity index is 1.09. The Morgan fingerprint density at radius 3 is 1.78 bits per heavy atom. The van der Waals surface area contributed by atoms with Crippen LogP contribution in [0.1, 0.15) is 45.2 Å². The van der Waals surface area contributed by atoms with Gasteiger partial charge in [0, 0.05) is 11.8 Å². The van der Waals surface area contributed by atoms with Gasteiger partial charge < -0.3 is 0 Å². The van der Waals surface area contributed by atoms with Gasteiger partial charge in [0.15, 0.2) is 0 Å². The van der Waals surface area contributed by atoms with Gasteiger partial charge in [-0.3, -0.25) is 0 Å². The molecule has 0 heteroatoms. The molecule has 0 radical (unpaired) electrons. The largest absolute Gasteiger partial charge is 0.0761 e. The molecule has 0 heterocycles. The quantitative estimate of drug-likeness (QED) is 0.176. The Hall–Kier alpha value is -6.24. The molecule has 51 heavy (non-hydrogen) atoms. The minimum atomic E-state index is -0.397. The van der Waals surface area contributed by atoms with Gasteiger partial charge in [-0.2, -0.15) is 0 Å². The van der Waals surface area contributed by atoms with Crippen LogP contribution in [0.3, 0.4) is 0 Å². The van der Waals surface area contributed by atoms with Crippen LogP contribution in [0.15, 0.2) is 182 Å². The van der Waals surface area contributed by atoms with Crippen molar-refractivity contribution in [1.82, 2.24) is 0 Å². The average Bonchev–Trinajstić information content (AvgIpc) is 3.80. The van der Waals surface area contributed by atoms with Gasteiger partial charge in [-0.05, 0) is 112 Å². The van der Waals surface area contributed by atoms with E-state index in [-0.39, 0.29) is 0 Å². The second-order valence-electron chi connectivity index (χ2n) is 14.7. The molecule has 236 valence electrons. The van der Waals surface area contributed by atoms with Crippen LogP contribution in [0.4, 0.5) is 0 Å². The molecule has 0 saturated carbocycles. The van der Waals surface area contributed by atoms with E-state index in [1.54, 1.807) is 0 Å². The van der Waals surface area contributed by atoms with E-state index in [0.717, 1.165) is 0 Å². The number of allylic oxidation sites excluding steroid dienone is 4. The maximum Gasteiger partial charge on any atom is 0.0726 e. The highest BCUT2D eigenvalue weighted by molar-refractivity contribution is 6.09. The molecule has 4 aliphatic carbocycles. The summed E-state index contributed by atoms with van der Waals surface area (Å²) in [6.07, 6.45) is 9.31. The number of benzene rings is 8. The zero-order chi connectivity index (χ0) is 33.3. The summed E-state index contributed by atoms with van der Waals surface area (Å²) in [5.41, 5.74) is 18.6. The molecule has 0 N–H and O–H groups in total. The topological polar surface area (TPSA) is 0 Å². The summed E-state index contributed by atoms with van der Waals surface area (Å²) >= 11 is 0. The molecule has 0 bridgehead atoms. The number of fused-ring (bicyclic) bond motifs is 15. The summed E-state index contributed by atoms with van der Waals surface area (Å²) < 4.78 is 0. The monoisotopic (exact) mass is 644 g/mol. The van der Waals surface area contributed by atoms with E-state index in [4.69, 9.17) is 0 Å². The zero-order valence-corrected chi connectivity index (χ0v) is 28.0. The van der Waals surface area contributed by atoms with Crippen LogP contribution in [-0.2, 0) is 5.41 Å². The van der Waals surface area contributed by atoms with Crippen molar-refractivity contribution in [1.29, 1.82) is 0 Å². The van der Waals surface area contributed by atoms with Crippen LogP contribution < -0.4 is 0 Å². The minimum Gasteiger partial charge on any atom is -0.0761 e. The molecule has 1 spiro atoms. The summed E-state index contributed by atoms with van der Waals surface area (Å²) in [6.45, 7) is 0. The zero-order valence-electron chi connectivity index (χ0n) is 28.0. The van der Waals surface area contributed by atoms with Crippen molar-refractivity contribution in [3.05, 3.63) is 215 Å². The summed E-state index contributed by atoms with van der Waals surface area (Å²) in [7, 11) is 0. The molecule has 8 aromatic carbocycles. The number of hydrogen-bond donors (Lipinski definition) is 0. The van der Waals surface area contributed by atoms with E-state index in [0.29, 0.717) is 11.8 Å². The third kappa shape index (κ3) is 3.50. The molecule has 3 atom stereocenters. The molecule has 0 fully saturated rings. The lowest BCUT2D eigenvalue weighted by Gasteiger charge is -2.31. The fraction of sp³-hybridized carbons (Fsp3) is 0.0588. The molecule has 0 aliphatic heterocycles. The van der Waals surface area contributed by atoms with Gasteiger partial charge in [0.2, 0.25) is 0 Å². The molecule has 0 aromatic heterocycles. The van der Waals surface area contributed by atoms with Crippen molar-refractivity contribution in [3.63, 3.8) is 0 Å². The van der Waals surface area contributed by atoms with Gasteiger partial charge in [-0.25, -0.2) is 0 Å². The smallest absolute Gasteiger partial charge is 0.0726 e. The second-order valence-corrected chi connectivity index (χ2v) is 14.7. The highest BCUT2D eigenvalue weighted by Gasteiger charge is 2.53. The van der Waals surface area contributed by atoms with E-state index >= 15 is 0 Å². The van der Waals surface area contributed by atoms with Gasteiger partial charge >= 0.3 is 0 Å². The van der Waals surface area contributed by atoms with E-state index in [9.17, 15) is 0 Å². The third-order valence-corrected chi connectivity index (χ3v) is 12.4. The standard InChI is InChI=1S/C51H32/c1-2-11-34-28-35(25-24-31(34)10-1)32-20-22-33(23-21-32)36-26-27-40-39-14-5-7-18-45(39)51(47(40)29-36)46-19-8-6-15-42(46)50-43-17-9-16-41-37-12-3-4-13-38(37)44(49(41)43)30-48(50)51/h1-30,37-38H. The van der Waals surface area contributed by atoms with Crippen molar-refractivity contribution < 1.29 is 0 Å². The Kier molecular flexibility index (Phi) is 5.37. The number of rotatable bonds is 2. The van der Waals surface area contributed by atoms with Crippen LogP contribution in [0.2, 0.25) is 0 Å². The Labute approximate surface area is 297 Å². The highest BCUT2D eigenvalue weighted by Crippen LogP contribution is 2.66. The minimum absolute atomic E-state index is 0.365. The maximum absolute atomic E-state index is 2.62. The van der Waals surface area contributed by atoms with Crippen molar-refractivity contribution in [2.24, 2.45) is 0 Å². The molecular weight excluding hydrogens is 613 g/mol. The molecule has 12 rings (SSSR count). The summed E-state index contributed by atoms with van der Waals surface area (Å²) in [5, 5.41) is 5.40. The van der Waals surface area contributed by atoms with E-state index in [2.05, 4.69) is 182 Å². The first-order chi connectivity index (χ1) is 25.3. The highest BCUT2D eigenvalue weighted by atomic mass is 14.5. The average molecular weight is 645 g/mol. The lowest BCUT2D eigenvalue weighted by atomic mass is 9.69. The third-order valence-electron chi connectivity index (χ3n) is 12.4. The normalized spacial score (nSPS) is 19.7. The lowest BCUT2D eigenvalue weighted by Crippen LogP contribution is -2.26. The maximum atomic E-state index is 2.62. The predicted octanol–water partition coefficient (Wildman–Crippen LogP) is 13.0. The van der Waals surface area contributed by atoms with Crippen molar-refractivity contribution >= 4 is 21.5 Å². The van der Waals surface area contributed by atoms with Crippen molar-refractivity contribution in [2.45, 2.75) is 17.3 Å². The predicted molar refractivity (Wildman–Crippen MR) is 212 cm³/mol. The molecule has 8 aromatic rings. The van der Waals surface area contributed by atoms with Crippen LogP contribution in [0.5, 0.6) is 0 Å². The molecular formula is C51H32. The Bertz CT molecular complexity index is 2860. The van der Waals surface area contributed by atoms with Gasteiger partial charge in [-0.1, -0.05) is 170 Å². The van der Waals surface area contributed by atoms with Crippen LogP contribution >= 0.6 is 0 Å². The van der Waals surface area contributed by atoms with Gasteiger partial charge in [0.25, 0.3) is 0 Å². The van der Waals surface area contributed by atoms with E-state index < -0.39 is 5.41 Å². The van der Waals surface area contributed by atoms with Gasteiger partial charge in [-0.15, -0.1) is 0 Å². The molecule has 0 nitrogen and oxygen atoms in total. The SMILES string of the molecule is C1=CC2c3cccc4c5c(cc(c34)C2C=C1)C1(c2ccccc2-c2ccc(-c3ccc(-c4ccc6ccccc6c4)cc3)cc21)c1ccccc1-5. The Morgan fingerprint density at radius 2 is 0.980 bits per heavy atom. The van der Waals surface area contributed by atoms with Crippen LogP contribution in [0, 0.1) is 0 Å². The second kappa shape index (κ2) is 9.93. The van der Waals surface area contributed by atoms with E-state index in [1.807, 2.05) is 0 Å². The summed E-state index contributed by atoms with van der Waals surface area (Å²) in [5.74, 6) is 0.763. The summed E-state index contributed by atoms with van der Waals surface area (Å²) in [4.78, 5) is 0. The van der Waals surface area contributed by atoms with Gasteiger partial charge in [0.1, 0.15) is 0 Å². The summed E-state index contributed by atoms with van der Waals surface area (Å²) in [6, 6.07) is 59.8. The first-order valence-electron chi connectivity index (χ1n) is 18.2.